The van der Waals surface area contributed by atoms with E-state index < -0.39 is 0 Å². The van der Waals surface area contributed by atoms with Crippen LogP contribution >= 0.6 is 11.3 Å². The molecule has 1 aromatic heterocycles. The smallest absolute Gasteiger partial charge is 0.0328 e. The zero-order valence-electron chi connectivity index (χ0n) is 11.0. The van der Waals surface area contributed by atoms with Crippen molar-refractivity contribution in [3.63, 3.8) is 0 Å². The topological polar surface area (TPSA) is 29.3 Å². The molecule has 3 heteroatoms. The van der Waals surface area contributed by atoms with Crippen molar-refractivity contribution >= 4 is 11.3 Å². The van der Waals surface area contributed by atoms with E-state index in [0.717, 1.165) is 13.1 Å². The van der Waals surface area contributed by atoms with Crippen LogP contribution in [0.5, 0.6) is 0 Å². The van der Waals surface area contributed by atoms with Gasteiger partial charge in [0.15, 0.2) is 0 Å². The number of thiophene rings is 1. The number of rotatable bonds is 4. The molecule has 0 radical (unpaired) electrons. The molecule has 2 unspecified atom stereocenters. The van der Waals surface area contributed by atoms with Crippen molar-refractivity contribution < 1.29 is 0 Å². The predicted molar refractivity (Wildman–Crippen MR) is 75.3 cm³/mol. The van der Waals surface area contributed by atoms with E-state index in [9.17, 15) is 0 Å². The minimum absolute atomic E-state index is 0.691. The van der Waals surface area contributed by atoms with Gasteiger partial charge in [0.05, 0.1) is 0 Å². The van der Waals surface area contributed by atoms with Gasteiger partial charge in [0, 0.05) is 22.3 Å². The summed E-state index contributed by atoms with van der Waals surface area (Å²) in [7, 11) is 2.26. The van der Waals surface area contributed by atoms with Crippen molar-refractivity contribution in [1.82, 2.24) is 4.90 Å². The van der Waals surface area contributed by atoms with Gasteiger partial charge in [-0.15, -0.1) is 11.3 Å². The fourth-order valence-corrected chi connectivity index (χ4v) is 3.93. The summed E-state index contributed by atoms with van der Waals surface area (Å²) in [4.78, 5) is 5.40. The average Bonchev–Trinajstić information content (AvgIpc) is 2.74. The molecule has 17 heavy (non-hydrogen) atoms. The first-order valence-electron chi connectivity index (χ1n) is 6.66. The third kappa shape index (κ3) is 3.30. The molecular formula is C14H24N2S. The van der Waals surface area contributed by atoms with Gasteiger partial charge in [-0.3, -0.25) is 4.90 Å². The lowest BCUT2D eigenvalue weighted by atomic mass is 9.84. The fourth-order valence-electron chi connectivity index (χ4n) is 2.98. The van der Waals surface area contributed by atoms with Gasteiger partial charge in [-0.25, -0.2) is 0 Å². The van der Waals surface area contributed by atoms with Crippen molar-refractivity contribution in [2.45, 2.75) is 45.2 Å². The second kappa shape index (κ2) is 5.98. The average molecular weight is 252 g/mol. The molecular weight excluding hydrogens is 228 g/mol. The Labute approximate surface area is 109 Å². The van der Waals surface area contributed by atoms with E-state index in [1.54, 1.807) is 0 Å². The van der Waals surface area contributed by atoms with E-state index in [2.05, 4.69) is 31.0 Å². The normalized spacial score (nSPS) is 25.4. The van der Waals surface area contributed by atoms with Crippen LogP contribution in [0.2, 0.25) is 0 Å². The first-order chi connectivity index (χ1) is 8.20. The number of hydrogen-bond donors (Lipinski definition) is 1. The summed E-state index contributed by atoms with van der Waals surface area (Å²) >= 11 is 1.92. The molecule has 2 nitrogen and oxygen atoms in total. The minimum atomic E-state index is 0.691. The zero-order valence-corrected chi connectivity index (χ0v) is 11.8. The second-order valence-corrected chi connectivity index (χ2v) is 6.65. The van der Waals surface area contributed by atoms with Crippen LogP contribution in [0.15, 0.2) is 12.1 Å². The lowest BCUT2D eigenvalue weighted by Crippen LogP contribution is -2.42. The molecule has 2 atom stereocenters. The third-order valence-electron chi connectivity index (χ3n) is 3.94. The molecule has 1 heterocycles. The molecule has 1 aromatic rings. The molecule has 1 aliphatic carbocycles. The molecule has 0 aliphatic heterocycles. The van der Waals surface area contributed by atoms with Crippen LogP contribution in [0.4, 0.5) is 0 Å². The largest absolute Gasteiger partial charge is 0.330 e. The highest BCUT2D eigenvalue weighted by Crippen LogP contribution is 2.28. The Bertz CT molecular complexity index is 348. The van der Waals surface area contributed by atoms with E-state index in [1.165, 1.54) is 35.4 Å². The van der Waals surface area contributed by atoms with E-state index >= 15 is 0 Å². The quantitative estimate of drug-likeness (QED) is 0.892. The first kappa shape index (κ1) is 13.1. The maximum Gasteiger partial charge on any atom is 0.0328 e. The summed E-state index contributed by atoms with van der Waals surface area (Å²) in [6, 6.07) is 5.17. The van der Waals surface area contributed by atoms with Crippen LogP contribution in [0.25, 0.3) is 0 Å². The number of nitrogens with zero attached hydrogens (tertiary/aromatic N) is 1. The van der Waals surface area contributed by atoms with Gasteiger partial charge < -0.3 is 5.73 Å². The summed E-state index contributed by atoms with van der Waals surface area (Å²) < 4.78 is 0. The lowest BCUT2D eigenvalue weighted by molar-refractivity contribution is 0.128. The van der Waals surface area contributed by atoms with Crippen LogP contribution in [-0.4, -0.2) is 24.5 Å². The molecule has 0 spiro atoms. The highest BCUT2D eigenvalue weighted by molar-refractivity contribution is 7.11. The highest BCUT2D eigenvalue weighted by atomic mass is 32.1. The van der Waals surface area contributed by atoms with Crippen molar-refractivity contribution in [2.24, 2.45) is 11.7 Å². The Kier molecular flexibility index (Phi) is 4.60. The summed E-state index contributed by atoms with van der Waals surface area (Å²) in [6.07, 6.45) is 5.37. The molecule has 0 bridgehead atoms. The van der Waals surface area contributed by atoms with E-state index in [4.69, 9.17) is 5.73 Å². The van der Waals surface area contributed by atoms with E-state index in [1.807, 2.05) is 11.3 Å². The zero-order chi connectivity index (χ0) is 12.3. The molecule has 2 rings (SSSR count). The molecule has 1 aliphatic rings. The van der Waals surface area contributed by atoms with Crippen molar-refractivity contribution in [3.8, 4) is 0 Å². The number of aryl methyl sites for hydroxylation is 1. The Morgan fingerprint density at radius 3 is 2.76 bits per heavy atom. The van der Waals surface area contributed by atoms with Gasteiger partial charge in [0.1, 0.15) is 0 Å². The van der Waals surface area contributed by atoms with Crippen LogP contribution in [-0.2, 0) is 6.54 Å². The summed E-state index contributed by atoms with van der Waals surface area (Å²) in [6.45, 7) is 4.11. The summed E-state index contributed by atoms with van der Waals surface area (Å²) in [5, 5.41) is 0. The second-order valence-electron chi connectivity index (χ2n) is 5.28. The van der Waals surface area contributed by atoms with Crippen LogP contribution in [0.1, 0.15) is 35.4 Å². The Morgan fingerprint density at radius 1 is 1.35 bits per heavy atom. The van der Waals surface area contributed by atoms with E-state index in [-0.39, 0.29) is 0 Å². The molecule has 0 saturated heterocycles. The van der Waals surface area contributed by atoms with Crippen LogP contribution in [0, 0.1) is 12.8 Å². The maximum atomic E-state index is 5.90. The molecule has 1 saturated carbocycles. The SMILES string of the molecule is Cc1ccc(CN(C)C2CCCCC2CN)s1. The first-order valence-corrected chi connectivity index (χ1v) is 7.48. The minimum Gasteiger partial charge on any atom is -0.330 e. The summed E-state index contributed by atoms with van der Waals surface area (Å²) in [5.74, 6) is 0.704. The van der Waals surface area contributed by atoms with Gasteiger partial charge in [0.2, 0.25) is 0 Å². The predicted octanol–water partition coefficient (Wildman–Crippen LogP) is 3.01. The van der Waals surface area contributed by atoms with Crippen molar-refractivity contribution in [2.75, 3.05) is 13.6 Å². The molecule has 1 fully saturated rings. The van der Waals surface area contributed by atoms with Gasteiger partial charge >= 0.3 is 0 Å². The third-order valence-corrected chi connectivity index (χ3v) is 4.92. The Balaban J connectivity index is 1.95. The van der Waals surface area contributed by atoms with E-state index in [0.29, 0.717) is 12.0 Å². The van der Waals surface area contributed by atoms with Gasteiger partial charge in [-0.2, -0.15) is 0 Å². The molecule has 96 valence electrons. The van der Waals surface area contributed by atoms with Gasteiger partial charge in [-0.1, -0.05) is 12.8 Å². The number of nitrogens with two attached hydrogens (primary N) is 1. The van der Waals surface area contributed by atoms with Crippen molar-refractivity contribution in [3.05, 3.63) is 21.9 Å². The number of hydrogen-bond acceptors (Lipinski definition) is 3. The molecule has 0 amide bonds. The van der Waals surface area contributed by atoms with Crippen LogP contribution in [0.3, 0.4) is 0 Å². The highest BCUT2D eigenvalue weighted by Gasteiger charge is 2.27. The standard InChI is InChI=1S/C14H24N2S/c1-11-7-8-13(17-11)10-16(2)14-6-4-3-5-12(14)9-15/h7-8,12,14H,3-6,9-10,15H2,1-2H3. The monoisotopic (exact) mass is 252 g/mol. The molecule has 2 N–H and O–H groups in total. The molecule has 0 aromatic carbocycles. The Morgan fingerprint density at radius 2 is 2.12 bits per heavy atom. The summed E-state index contributed by atoms with van der Waals surface area (Å²) in [5.41, 5.74) is 5.90. The lowest BCUT2D eigenvalue weighted by Gasteiger charge is -2.37. The van der Waals surface area contributed by atoms with Crippen molar-refractivity contribution in [1.29, 1.82) is 0 Å². The van der Waals surface area contributed by atoms with Crippen LogP contribution < -0.4 is 5.73 Å². The Hall–Kier alpha value is -0.380. The maximum absolute atomic E-state index is 5.90. The van der Waals surface area contributed by atoms with Gasteiger partial charge in [-0.05, 0) is 51.4 Å². The van der Waals surface area contributed by atoms with Gasteiger partial charge in [0.25, 0.3) is 0 Å². The fraction of sp³-hybridized carbons (Fsp3) is 0.714.